The normalized spacial score (nSPS) is 9.88. The molecule has 0 unspecified atom stereocenters. The summed E-state index contributed by atoms with van der Waals surface area (Å²) in [5, 5.41) is 7.19. The van der Waals surface area contributed by atoms with Crippen molar-refractivity contribution in [3.8, 4) is 28.2 Å². The monoisotopic (exact) mass is 488 g/mol. The molecule has 2 aromatic carbocycles. The van der Waals surface area contributed by atoms with Crippen molar-refractivity contribution < 1.29 is 4.39 Å². The molecule has 32 heavy (non-hydrogen) atoms. The summed E-state index contributed by atoms with van der Waals surface area (Å²) in [6.45, 7) is 7.07. The van der Waals surface area contributed by atoms with Gasteiger partial charge in [0.25, 0.3) is 0 Å². The Labute approximate surface area is 201 Å². The molecule has 162 valence electrons. The minimum Gasteiger partial charge on any atom is -0.283 e. The van der Waals surface area contributed by atoms with Crippen LogP contribution in [0.15, 0.2) is 73.3 Å². The first-order valence-electron chi connectivity index (χ1n) is 8.83. The van der Waals surface area contributed by atoms with Crippen LogP contribution in [0.25, 0.3) is 44.1 Å². The van der Waals surface area contributed by atoms with Crippen LogP contribution >= 0.6 is 37.2 Å². The Kier molecular flexibility index (Phi) is 7.95. The summed E-state index contributed by atoms with van der Waals surface area (Å²) in [6.07, 6.45) is 5.01. The number of benzene rings is 2. The largest absolute Gasteiger partial charge is 0.283 e. The number of H-pyrrole nitrogens is 1. The number of aromatic amines is 1. The van der Waals surface area contributed by atoms with Gasteiger partial charge in [-0.15, -0.1) is 37.2 Å². The van der Waals surface area contributed by atoms with E-state index in [-0.39, 0.29) is 43.0 Å². The maximum absolute atomic E-state index is 13.3. The Bertz CT molecular complexity index is 1370. The zero-order chi connectivity index (χ0) is 19.8. The third-order valence-corrected chi connectivity index (χ3v) is 4.74. The number of nitrogens with zero attached hydrogens (tertiary/aromatic N) is 5. The highest BCUT2D eigenvalue weighted by Crippen LogP contribution is 2.32. The molecule has 6 nitrogen and oxygen atoms in total. The van der Waals surface area contributed by atoms with E-state index in [4.69, 9.17) is 6.57 Å². The molecular weight excluding hydrogens is 474 g/mol. The summed E-state index contributed by atoms with van der Waals surface area (Å²) in [7, 11) is 0. The lowest BCUT2D eigenvalue weighted by atomic mass is 10.0. The molecule has 0 spiro atoms. The quantitative estimate of drug-likeness (QED) is 0.297. The molecule has 0 bridgehead atoms. The lowest BCUT2D eigenvalue weighted by molar-refractivity contribution is 0.628. The van der Waals surface area contributed by atoms with Crippen molar-refractivity contribution in [3.63, 3.8) is 0 Å². The number of nitrogens with one attached hydrogen (secondary N) is 1. The van der Waals surface area contributed by atoms with Crippen LogP contribution in [0.5, 0.6) is 0 Å². The molecule has 3 aromatic heterocycles. The fraction of sp³-hybridized carbons (Fsp3) is 0. The Morgan fingerprint density at radius 1 is 0.875 bits per heavy atom. The Hall–Kier alpha value is -3.44. The zero-order valence-electron chi connectivity index (χ0n) is 16.3. The fourth-order valence-corrected chi connectivity index (χ4v) is 3.29. The molecule has 0 radical (unpaired) electrons. The van der Waals surface area contributed by atoms with Gasteiger partial charge in [0.15, 0.2) is 0 Å². The Balaban J connectivity index is 0.00000121. The van der Waals surface area contributed by atoms with Gasteiger partial charge in [0.1, 0.15) is 18.0 Å². The summed E-state index contributed by atoms with van der Waals surface area (Å²) >= 11 is 0. The first kappa shape index (κ1) is 24.8. The summed E-state index contributed by atoms with van der Waals surface area (Å²) < 4.78 is 15.2. The van der Waals surface area contributed by atoms with Crippen LogP contribution < -0.4 is 0 Å². The number of aromatic nitrogens is 5. The van der Waals surface area contributed by atoms with Gasteiger partial charge in [0, 0.05) is 17.3 Å². The van der Waals surface area contributed by atoms with E-state index >= 15 is 0 Å². The Morgan fingerprint density at radius 3 is 2.31 bits per heavy atom. The van der Waals surface area contributed by atoms with Gasteiger partial charge in [-0.05, 0) is 48.0 Å². The molecule has 0 aliphatic rings. The van der Waals surface area contributed by atoms with Crippen LogP contribution in [0.2, 0.25) is 0 Å². The highest BCUT2D eigenvalue weighted by molar-refractivity contribution is 5.87. The molecule has 1 N–H and O–H groups in total. The van der Waals surface area contributed by atoms with E-state index in [1.807, 2.05) is 22.8 Å². The molecule has 0 saturated heterocycles. The number of halogens is 4. The van der Waals surface area contributed by atoms with Crippen molar-refractivity contribution in [2.24, 2.45) is 0 Å². The van der Waals surface area contributed by atoms with Gasteiger partial charge in [0.05, 0.1) is 29.5 Å². The number of rotatable bonds is 3. The summed E-state index contributed by atoms with van der Waals surface area (Å²) in [5.41, 5.74) is 5.72. The van der Waals surface area contributed by atoms with Crippen molar-refractivity contribution in [2.75, 3.05) is 0 Å². The average Bonchev–Trinajstić information content (AvgIpc) is 3.41. The SMILES string of the molecule is Cl.Cl.Cl.[C-]#[N+]c1ccc(-n2cnc3ccc(-c4cn[nH]c4-c4ccc(F)cc4)cc32)nc1. The van der Waals surface area contributed by atoms with E-state index in [0.29, 0.717) is 11.5 Å². The first-order valence-corrected chi connectivity index (χ1v) is 8.83. The van der Waals surface area contributed by atoms with Crippen LogP contribution in [0.1, 0.15) is 0 Å². The molecule has 0 aliphatic heterocycles. The number of hydrogen-bond donors (Lipinski definition) is 1. The minimum absolute atomic E-state index is 0. The second-order valence-electron chi connectivity index (χ2n) is 6.47. The third-order valence-electron chi connectivity index (χ3n) is 4.74. The van der Waals surface area contributed by atoms with Crippen LogP contribution in [0, 0.1) is 12.4 Å². The number of pyridine rings is 1. The van der Waals surface area contributed by atoms with Crippen LogP contribution in [-0.2, 0) is 0 Å². The first-order chi connectivity index (χ1) is 14.2. The van der Waals surface area contributed by atoms with Crippen LogP contribution in [0.4, 0.5) is 10.1 Å². The second-order valence-corrected chi connectivity index (χ2v) is 6.47. The van der Waals surface area contributed by atoms with E-state index in [1.54, 1.807) is 43.0 Å². The number of fused-ring (bicyclic) bond motifs is 1. The van der Waals surface area contributed by atoms with E-state index in [0.717, 1.165) is 33.4 Å². The standard InChI is InChI=1S/C22H13FN6.3ClH/c1-24-17-7-9-21(25-11-17)29-13-26-19-8-4-15(10-20(19)29)18-12-27-28-22(18)14-2-5-16(23)6-3-14;;;/h2-13H,(H,27,28);3*1H. The van der Waals surface area contributed by atoms with Crippen LogP contribution in [0.3, 0.4) is 0 Å². The van der Waals surface area contributed by atoms with E-state index in [9.17, 15) is 4.39 Å². The lowest BCUT2D eigenvalue weighted by Gasteiger charge is -2.07. The highest BCUT2D eigenvalue weighted by Gasteiger charge is 2.13. The summed E-state index contributed by atoms with van der Waals surface area (Å²) in [4.78, 5) is 12.2. The topological polar surface area (TPSA) is 63.8 Å². The zero-order valence-corrected chi connectivity index (χ0v) is 18.7. The van der Waals surface area contributed by atoms with Gasteiger partial charge in [-0.25, -0.2) is 14.2 Å². The van der Waals surface area contributed by atoms with E-state index in [1.165, 1.54) is 12.1 Å². The van der Waals surface area contributed by atoms with Gasteiger partial charge in [0.2, 0.25) is 5.69 Å². The van der Waals surface area contributed by atoms with E-state index in [2.05, 4.69) is 25.0 Å². The fourth-order valence-electron chi connectivity index (χ4n) is 3.29. The van der Waals surface area contributed by atoms with Gasteiger partial charge in [-0.3, -0.25) is 14.6 Å². The van der Waals surface area contributed by atoms with Crippen molar-refractivity contribution in [1.82, 2.24) is 24.7 Å². The maximum Gasteiger partial charge on any atom is 0.205 e. The van der Waals surface area contributed by atoms with E-state index < -0.39 is 0 Å². The second kappa shape index (κ2) is 10.2. The molecule has 0 aliphatic carbocycles. The third kappa shape index (κ3) is 4.43. The van der Waals surface area contributed by atoms with Gasteiger partial charge < -0.3 is 0 Å². The summed E-state index contributed by atoms with van der Waals surface area (Å²) in [6, 6.07) is 15.8. The molecule has 10 heteroatoms. The predicted molar refractivity (Wildman–Crippen MR) is 130 cm³/mol. The van der Waals surface area contributed by atoms with Crippen molar-refractivity contribution in [2.45, 2.75) is 0 Å². The maximum atomic E-state index is 13.3. The van der Waals surface area contributed by atoms with Gasteiger partial charge >= 0.3 is 0 Å². The molecular formula is C22H16Cl3FN6. The van der Waals surface area contributed by atoms with Crippen LogP contribution in [-0.4, -0.2) is 24.7 Å². The molecule has 0 saturated carbocycles. The highest BCUT2D eigenvalue weighted by atomic mass is 35.5. The van der Waals surface area contributed by atoms with Crippen molar-refractivity contribution >= 4 is 53.9 Å². The molecule has 5 aromatic rings. The lowest BCUT2D eigenvalue weighted by Crippen LogP contribution is -1.95. The average molecular weight is 490 g/mol. The predicted octanol–water partition coefficient (Wildman–Crippen LogP) is 6.43. The molecule has 0 fully saturated rings. The molecule has 3 heterocycles. The molecule has 0 amide bonds. The minimum atomic E-state index is -0.281. The molecule has 5 rings (SSSR count). The van der Waals surface area contributed by atoms with Crippen molar-refractivity contribution in [3.05, 3.63) is 90.6 Å². The van der Waals surface area contributed by atoms with Gasteiger partial charge in [-0.2, -0.15) is 5.10 Å². The number of hydrogen-bond acceptors (Lipinski definition) is 3. The Morgan fingerprint density at radius 2 is 1.62 bits per heavy atom. The van der Waals surface area contributed by atoms with Gasteiger partial charge in [-0.1, -0.05) is 12.1 Å². The smallest absolute Gasteiger partial charge is 0.205 e. The number of imidazole rings is 1. The summed E-state index contributed by atoms with van der Waals surface area (Å²) in [5.74, 6) is 0.403. The van der Waals surface area contributed by atoms with Crippen molar-refractivity contribution in [1.29, 1.82) is 0 Å². The molecule has 0 atom stereocenters.